The van der Waals surface area contributed by atoms with Crippen LogP contribution in [0.15, 0.2) is 41.9 Å². The monoisotopic (exact) mass is 326 g/mol. The zero-order valence-corrected chi connectivity index (χ0v) is 14.5. The fourth-order valence-corrected chi connectivity index (χ4v) is 3.65. The summed E-state index contributed by atoms with van der Waals surface area (Å²) in [6.07, 6.45) is 4.69. The number of aromatic amines is 1. The van der Waals surface area contributed by atoms with Gasteiger partial charge in [-0.25, -0.2) is 0 Å². The zero-order valence-electron chi connectivity index (χ0n) is 13.6. The van der Waals surface area contributed by atoms with E-state index in [0.29, 0.717) is 6.42 Å². The number of Topliss-reactive ketones (excluding diaryl/α,β-unsaturated/α-hetero) is 1. The van der Waals surface area contributed by atoms with Crippen LogP contribution in [0.4, 0.5) is 0 Å². The second-order valence-electron chi connectivity index (χ2n) is 6.13. The van der Waals surface area contributed by atoms with Crippen molar-refractivity contribution < 1.29 is 4.79 Å². The summed E-state index contributed by atoms with van der Waals surface area (Å²) in [4.78, 5) is 18.6. The van der Waals surface area contributed by atoms with Gasteiger partial charge in [-0.05, 0) is 56.6 Å². The van der Waals surface area contributed by atoms with Crippen molar-refractivity contribution in [1.82, 2.24) is 9.88 Å². The first-order valence-electron chi connectivity index (χ1n) is 7.98. The number of thiophene rings is 1. The lowest BCUT2D eigenvalue weighted by atomic mass is 10.1. The SMILES string of the molecule is CN(C)CCCCC(=O)c1cc(-c2c[nH]c3ccccc23)cs1. The van der Waals surface area contributed by atoms with Crippen molar-refractivity contribution in [3.8, 4) is 11.1 Å². The lowest BCUT2D eigenvalue weighted by Crippen LogP contribution is -2.13. The van der Waals surface area contributed by atoms with E-state index in [0.717, 1.165) is 35.3 Å². The van der Waals surface area contributed by atoms with Crippen molar-refractivity contribution in [1.29, 1.82) is 0 Å². The average molecular weight is 326 g/mol. The summed E-state index contributed by atoms with van der Waals surface area (Å²) in [5, 5.41) is 3.29. The summed E-state index contributed by atoms with van der Waals surface area (Å²) in [5.41, 5.74) is 3.43. The van der Waals surface area contributed by atoms with Crippen LogP contribution in [0.3, 0.4) is 0 Å². The molecule has 2 aromatic heterocycles. The fourth-order valence-electron chi connectivity index (χ4n) is 2.77. The Bertz CT molecular complexity index is 800. The van der Waals surface area contributed by atoms with Crippen LogP contribution in [0.1, 0.15) is 28.9 Å². The van der Waals surface area contributed by atoms with Crippen LogP contribution >= 0.6 is 11.3 Å². The van der Waals surface area contributed by atoms with Gasteiger partial charge in [-0.2, -0.15) is 0 Å². The van der Waals surface area contributed by atoms with Crippen LogP contribution in [0.25, 0.3) is 22.0 Å². The highest BCUT2D eigenvalue weighted by Crippen LogP contribution is 2.32. The number of nitrogens with zero attached hydrogens (tertiary/aromatic N) is 1. The van der Waals surface area contributed by atoms with Gasteiger partial charge in [0.15, 0.2) is 5.78 Å². The molecule has 1 aromatic carbocycles. The number of unbranched alkanes of at least 4 members (excludes halogenated alkanes) is 1. The summed E-state index contributed by atoms with van der Waals surface area (Å²) >= 11 is 1.55. The molecule has 1 N–H and O–H groups in total. The molecule has 0 aliphatic rings. The van der Waals surface area contributed by atoms with E-state index in [-0.39, 0.29) is 5.78 Å². The predicted octanol–water partition coefficient (Wildman–Crippen LogP) is 4.81. The number of ketones is 1. The highest BCUT2D eigenvalue weighted by Gasteiger charge is 2.12. The second-order valence-corrected chi connectivity index (χ2v) is 7.04. The minimum atomic E-state index is 0.264. The lowest BCUT2D eigenvalue weighted by molar-refractivity contribution is 0.0982. The maximum absolute atomic E-state index is 12.3. The maximum Gasteiger partial charge on any atom is 0.172 e. The first-order chi connectivity index (χ1) is 11.1. The first-order valence-corrected chi connectivity index (χ1v) is 8.86. The van der Waals surface area contributed by atoms with Crippen molar-refractivity contribution in [2.75, 3.05) is 20.6 Å². The number of aromatic nitrogens is 1. The van der Waals surface area contributed by atoms with E-state index in [1.165, 1.54) is 10.9 Å². The molecule has 0 amide bonds. The molecule has 0 fully saturated rings. The van der Waals surface area contributed by atoms with Crippen molar-refractivity contribution in [3.05, 3.63) is 46.8 Å². The van der Waals surface area contributed by atoms with E-state index in [1.807, 2.05) is 24.4 Å². The molecule has 0 bridgehead atoms. The molecule has 0 aliphatic carbocycles. The number of carbonyl (C=O) groups excluding carboxylic acids is 1. The fraction of sp³-hybridized carbons (Fsp3) is 0.316. The molecule has 0 unspecified atom stereocenters. The van der Waals surface area contributed by atoms with Gasteiger partial charge in [0, 0.05) is 29.1 Å². The number of fused-ring (bicyclic) bond motifs is 1. The second kappa shape index (κ2) is 7.11. The molecule has 0 aliphatic heterocycles. The topological polar surface area (TPSA) is 36.1 Å². The Kier molecular flexibility index (Phi) is 4.94. The van der Waals surface area contributed by atoms with Crippen molar-refractivity contribution in [3.63, 3.8) is 0 Å². The van der Waals surface area contributed by atoms with Gasteiger partial charge in [-0.3, -0.25) is 4.79 Å². The van der Waals surface area contributed by atoms with E-state index >= 15 is 0 Å². The highest BCUT2D eigenvalue weighted by molar-refractivity contribution is 7.12. The number of benzene rings is 1. The maximum atomic E-state index is 12.3. The molecule has 23 heavy (non-hydrogen) atoms. The van der Waals surface area contributed by atoms with E-state index in [2.05, 4.69) is 41.5 Å². The number of nitrogens with one attached hydrogen (secondary N) is 1. The summed E-state index contributed by atoms with van der Waals surface area (Å²) in [7, 11) is 4.13. The summed E-state index contributed by atoms with van der Waals surface area (Å²) in [6, 6.07) is 10.3. The first kappa shape index (κ1) is 16.0. The average Bonchev–Trinajstić information content (AvgIpc) is 3.17. The van der Waals surface area contributed by atoms with Gasteiger partial charge < -0.3 is 9.88 Å². The Labute approximate surface area is 140 Å². The quantitative estimate of drug-likeness (QED) is 0.499. The number of carbonyl (C=O) groups is 1. The number of hydrogen-bond acceptors (Lipinski definition) is 3. The van der Waals surface area contributed by atoms with Crippen LogP contribution in [0, 0.1) is 0 Å². The van der Waals surface area contributed by atoms with Crippen LogP contribution in [0.5, 0.6) is 0 Å². The van der Waals surface area contributed by atoms with Crippen LogP contribution < -0.4 is 0 Å². The van der Waals surface area contributed by atoms with E-state index in [4.69, 9.17) is 0 Å². The van der Waals surface area contributed by atoms with Gasteiger partial charge in [0.2, 0.25) is 0 Å². The molecule has 2 heterocycles. The molecule has 120 valence electrons. The van der Waals surface area contributed by atoms with Gasteiger partial charge in [-0.1, -0.05) is 18.2 Å². The zero-order chi connectivity index (χ0) is 16.2. The molecule has 0 atom stereocenters. The number of hydrogen-bond donors (Lipinski definition) is 1. The van der Waals surface area contributed by atoms with Gasteiger partial charge in [-0.15, -0.1) is 11.3 Å². The number of H-pyrrole nitrogens is 1. The molecule has 0 saturated carbocycles. The third kappa shape index (κ3) is 3.71. The van der Waals surface area contributed by atoms with Gasteiger partial charge in [0.25, 0.3) is 0 Å². The van der Waals surface area contributed by atoms with E-state index in [1.54, 1.807) is 11.3 Å². The molecule has 3 rings (SSSR count). The molecule has 3 nitrogen and oxygen atoms in total. The number of rotatable bonds is 7. The van der Waals surface area contributed by atoms with E-state index < -0.39 is 0 Å². The standard InChI is InChI=1S/C19H22N2OS/c1-21(2)10-6-5-9-18(22)19-11-14(13-23-19)16-12-20-17-8-4-3-7-15(16)17/h3-4,7-8,11-13,20H,5-6,9-10H2,1-2H3. The molecule has 3 aromatic rings. The van der Waals surface area contributed by atoms with Crippen LogP contribution in [0.2, 0.25) is 0 Å². The Hall–Kier alpha value is -1.91. The minimum Gasteiger partial charge on any atom is -0.361 e. The molecule has 0 radical (unpaired) electrons. The Morgan fingerprint density at radius 1 is 1.22 bits per heavy atom. The third-order valence-corrected chi connectivity index (χ3v) is 5.00. The molecular formula is C19H22N2OS. The van der Waals surface area contributed by atoms with Gasteiger partial charge >= 0.3 is 0 Å². The van der Waals surface area contributed by atoms with Crippen LogP contribution in [-0.2, 0) is 0 Å². The van der Waals surface area contributed by atoms with Crippen LogP contribution in [-0.4, -0.2) is 36.3 Å². The van der Waals surface area contributed by atoms with Crippen molar-refractivity contribution >= 4 is 28.0 Å². The summed E-state index contributed by atoms with van der Waals surface area (Å²) in [6.45, 7) is 1.04. The predicted molar refractivity (Wildman–Crippen MR) is 98.3 cm³/mol. The highest BCUT2D eigenvalue weighted by atomic mass is 32.1. The number of para-hydroxylation sites is 1. The Morgan fingerprint density at radius 3 is 2.87 bits per heavy atom. The van der Waals surface area contributed by atoms with Gasteiger partial charge in [0.1, 0.15) is 0 Å². The largest absolute Gasteiger partial charge is 0.361 e. The summed E-state index contributed by atoms with van der Waals surface area (Å²) < 4.78 is 0. The smallest absolute Gasteiger partial charge is 0.172 e. The van der Waals surface area contributed by atoms with Crippen molar-refractivity contribution in [2.24, 2.45) is 0 Å². The Morgan fingerprint density at radius 2 is 2.04 bits per heavy atom. The summed E-state index contributed by atoms with van der Waals surface area (Å²) in [5.74, 6) is 0.264. The molecular weight excluding hydrogens is 304 g/mol. The van der Waals surface area contributed by atoms with E-state index in [9.17, 15) is 4.79 Å². The van der Waals surface area contributed by atoms with Crippen molar-refractivity contribution in [2.45, 2.75) is 19.3 Å². The minimum absolute atomic E-state index is 0.264. The molecule has 4 heteroatoms. The third-order valence-electron chi connectivity index (χ3n) is 4.03. The Balaban J connectivity index is 1.69. The van der Waals surface area contributed by atoms with Gasteiger partial charge in [0.05, 0.1) is 4.88 Å². The molecule has 0 spiro atoms. The lowest BCUT2D eigenvalue weighted by Gasteiger charge is -2.07. The molecule has 0 saturated heterocycles. The normalized spacial score (nSPS) is 11.4.